The van der Waals surface area contributed by atoms with Crippen molar-refractivity contribution in [1.29, 1.82) is 0 Å². The monoisotopic (exact) mass is 434 g/mol. The highest BCUT2D eigenvalue weighted by atomic mass is 35.5. The fraction of sp³-hybridized carbons (Fsp3) is 0.240. The van der Waals surface area contributed by atoms with Gasteiger partial charge in [0.25, 0.3) is 0 Å². The van der Waals surface area contributed by atoms with E-state index in [9.17, 15) is 14.7 Å². The van der Waals surface area contributed by atoms with Crippen LogP contribution in [0.4, 0.5) is 11.5 Å². The molecule has 1 atom stereocenters. The van der Waals surface area contributed by atoms with Crippen molar-refractivity contribution in [3.8, 4) is 0 Å². The second-order valence-corrected chi connectivity index (χ2v) is 9.38. The quantitative estimate of drug-likeness (QED) is 0.572. The summed E-state index contributed by atoms with van der Waals surface area (Å²) in [6.45, 7) is 8.30. The Labute approximate surface area is 186 Å². The van der Waals surface area contributed by atoms with Gasteiger partial charge in [-0.1, -0.05) is 62.7 Å². The first kappa shape index (κ1) is 21.1. The van der Waals surface area contributed by atoms with Crippen molar-refractivity contribution in [2.45, 2.75) is 38.5 Å². The number of carboxylic acid groups (broad SMARTS) is 1. The Bertz CT molecular complexity index is 1200. The first-order valence-corrected chi connectivity index (χ1v) is 10.4. The van der Waals surface area contributed by atoms with Crippen LogP contribution in [-0.4, -0.2) is 22.0 Å². The number of fused-ring (bicyclic) bond motifs is 1. The number of amides is 1. The summed E-state index contributed by atoms with van der Waals surface area (Å²) >= 11 is 6.31. The molecule has 31 heavy (non-hydrogen) atoms. The lowest BCUT2D eigenvalue weighted by atomic mass is 9.76. The van der Waals surface area contributed by atoms with Crippen LogP contribution in [0.2, 0.25) is 5.02 Å². The highest BCUT2D eigenvalue weighted by molar-refractivity contribution is 6.31. The summed E-state index contributed by atoms with van der Waals surface area (Å²) in [4.78, 5) is 31.0. The van der Waals surface area contributed by atoms with Gasteiger partial charge in [-0.15, -0.1) is 0 Å². The maximum atomic E-state index is 13.9. The maximum absolute atomic E-state index is 13.9. The predicted molar refractivity (Wildman–Crippen MR) is 121 cm³/mol. The van der Waals surface area contributed by atoms with Gasteiger partial charge in [-0.3, -0.25) is 9.69 Å². The lowest BCUT2D eigenvalue weighted by molar-refractivity contribution is -0.120. The van der Waals surface area contributed by atoms with Crippen molar-refractivity contribution in [2.24, 2.45) is 0 Å². The molecule has 158 valence electrons. The SMILES string of the molecule is CC(C)(C)c1ccc(C2(C)C(=O)N(c3cccc(C(=O)O)n3)c3ccc(Cl)cc32)cc1. The lowest BCUT2D eigenvalue weighted by Gasteiger charge is -2.26. The number of aromatic nitrogens is 1. The van der Waals surface area contributed by atoms with Gasteiger partial charge in [-0.2, -0.15) is 0 Å². The summed E-state index contributed by atoms with van der Waals surface area (Å²) < 4.78 is 0. The predicted octanol–water partition coefficient (Wildman–Crippen LogP) is 5.72. The first-order chi connectivity index (χ1) is 14.5. The van der Waals surface area contributed by atoms with E-state index < -0.39 is 11.4 Å². The molecule has 3 aromatic rings. The molecular weight excluding hydrogens is 412 g/mol. The van der Waals surface area contributed by atoms with Gasteiger partial charge < -0.3 is 5.11 Å². The molecule has 0 spiro atoms. The fourth-order valence-electron chi connectivity index (χ4n) is 4.03. The van der Waals surface area contributed by atoms with Gasteiger partial charge >= 0.3 is 5.97 Å². The van der Waals surface area contributed by atoms with E-state index in [1.165, 1.54) is 16.5 Å². The molecule has 1 amide bonds. The molecule has 0 saturated heterocycles. The molecular formula is C25H23ClN2O3. The van der Waals surface area contributed by atoms with Gasteiger partial charge in [0.15, 0.2) is 5.69 Å². The molecule has 6 heteroatoms. The number of rotatable bonds is 3. The van der Waals surface area contributed by atoms with Crippen molar-refractivity contribution < 1.29 is 14.7 Å². The number of nitrogens with zero attached hydrogens (tertiary/aromatic N) is 2. The Morgan fingerprint density at radius 2 is 1.74 bits per heavy atom. The van der Waals surface area contributed by atoms with Gasteiger partial charge in [0.05, 0.1) is 11.1 Å². The van der Waals surface area contributed by atoms with E-state index in [0.29, 0.717) is 10.7 Å². The van der Waals surface area contributed by atoms with Crippen molar-refractivity contribution in [3.63, 3.8) is 0 Å². The maximum Gasteiger partial charge on any atom is 0.354 e. The molecule has 0 aliphatic carbocycles. The number of carbonyl (C=O) groups is 2. The van der Waals surface area contributed by atoms with Gasteiger partial charge in [0.2, 0.25) is 5.91 Å². The zero-order valence-electron chi connectivity index (χ0n) is 17.8. The van der Waals surface area contributed by atoms with Crippen LogP contribution in [0, 0.1) is 0 Å². The molecule has 2 aromatic carbocycles. The zero-order chi connectivity index (χ0) is 22.6. The number of carbonyl (C=O) groups excluding carboxylic acids is 1. The molecule has 1 aromatic heterocycles. The summed E-state index contributed by atoms with van der Waals surface area (Å²) in [6, 6.07) is 18.0. The van der Waals surface area contributed by atoms with Gasteiger partial charge in [0.1, 0.15) is 5.82 Å². The largest absolute Gasteiger partial charge is 0.477 e. The minimum atomic E-state index is -1.15. The van der Waals surface area contributed by atoms with Crippen molar-refractivity contribution in [2.75, 3.05) is 4.90 Å². The molecule has 0 fully saturated rings. The molecule has 0 bridgehead atoms. The topological polar surface area (TPSA) is 70.5 Å². The number of anilines is 2. The van der Waals surface area contributed by atoms with E-state index in [-0.39, 0.29) is 22.8 Å². The number of carboxylic acids is 1. The zero-order valence-corrected chi connectivity index (χ0v) is 18.6. The van der Waals surface area contributed by atoms with Crippen LogP contribution in [0.5, 0.6) is 0 Å². The van der Waals surface area contributed by atoms with Crippen LogP contribution in [0.3, 0.4) is 0 Å². The van der Waals surface area contributed by atoms with E-state index in [0.717, 1.165) is 11.1 Å². The van der Waals surface area contributed by atoms with E-state index >= 15 is 0 Å². The molecule has 0 saturated carbocycles. The lowest BCUT2D eigenvalue weighted by Crippen LogP contribution is -2.37. The van der Waals surface area contributed by atoms with E-state index in [1.54, 1.807) is 30.3 Å². The number of aromatic carboxylic acids is 1. The van der Waals surface area contributed by atoms with Crippen LogP contribution in [0.15, 0.2) is 60.7 Å². The third-order valence-corrected chi connectivity index (χ3v) is 6.11. The average Bonchev–Trinajstić information content (AvgIpc) is 2.95. The fourth-order valence-corrected chi connectivity index (χ4v) is 4.20. The third-order valence-electron chi connectivity index (χ3n) is 5.88. The van der Waals surface area contributed by atoms with Gasteiger partial charge in [-0.05, 0) is 59.4 Å². The van der Waals surface area contributed by atoms with Crippen LogP contribution < -0.4 is 4.90 Å². The van der Waals surface area contributed by atoms with Crippen molar-refractivity contribution in [3.05, 3.63) is 88.1 Å². The number of pyridine rings is 1. The standard InChI is InChI=1S/C25H23ClN2O3/c1-24(2,3)15-8-10-16(11-9-15)25(4)18-14-17(26)12-13-20(18)28(23(25)31)21-7-5-6-19(27-21)22(29)30/h5-14H,1-4H3,(H,29,30). The summed E-state index contributed by atoms with van der Waals surface area (Å²) in [7, 11) is 0. The third kappa shape index (κ3) is 3.39. The van der Waals surface area contributed by atoms with E-state index in [2.05, 4.69) is 25.8 Å². The second-order valence-electron chi connectivity index (χ2n) is 8.94. The molecule has 2 heterocycles. The van der Waals surface area contributed by atoms with Crippen molar-refractivity contribution >= 4 is 35.0 Å². The Kier molecular flexibility index (Phi) is 4.90. The van der Waals surface area contributed by atoms with Crippen LogP contribution in [0.25, 0.3) is 0 Å². The van der Waals surface area contributed by atoms with Crippen LogP contribution >= 0.6 is 11.6 Å². The summed E-state index contributed by atoms with van der Waals surface area (Å²) in [5, 5.41) is 9.86. The number of hydrogen-bond donors (Lipinski definition) is 1. The molecule has 1 aliphatic heterocycles. The van der Waals surface area contributed by atoms with Crippen LogP contribution in [-0.2, 0) is 15.6 Å². The van der Waals surface area contributed by atoms with E-state index in [4.69, 9.17) is 11.6 Å². The minimum absolute atomic E-state index is 0.00639. The smallest absolute Gasteiger partial charge is 0.354 e. The highest BCUT2D eigenvalue weighted by Gasteiger charge is 2.49. The Balaban J connectivity index is 1.89. The Morgan fingerprint density at radius 1 is 1.06 bits per heavy atom. The molecule has 0 radical (unpaired) electrons. The minimum Gasteiger partial charge on any atom is -0.477 e. The number of hydrogen-bond acceptors (Lipinski definition) is 3. The summed E-state index contributed by atoms with van der Waals surface area (Å²) in [5.74, 6) is -1.09. The summed E-state index contributed by atoms with van der Waals surface area (Å²) in [6.07, 6.45) is 0. The van der Waals surface area contributed by atoms with Gasteiger partial charge in [-0.25, -0.2) is 9.78 Å². The molecule has 1 unspecified atom stereocenters. The molecule has 1 N–H and O–H groups in total. The molecule has 4 rings (SSSR count). The molecule has 1 aliphatic rings. The Morgan fingerprint density at radius 3 is 2.35 bits per heavy atom. The highest BCUT2D eigenvalue weighted by Crippen LogP contribution is 2.49. The molecule has 5 nitrogen and oxygen atoms in total. The first-order valence-electron chi connectivity index (χ1n) is 9.99. The number of benzene rings is 2. The second kappa shape index (κ2) is 7.20. The van der Waals surface area contributed by atoms with Gasteiger partial charge in [0, 0.05) is 5.02 Å². The normalized spacial score (nSPS) is 18.2. The van der Waals surface area contributed by atoms with Crippen molar-refractivity contribution in [1.82, 2.24) is 4.98 Å². The Hall–Kier alpha value is -3.18. The van der Waals surface area contributed by atoms with E-state index in [1.807, 2.05) is 31.2 Å². The number of halogens is 1. The summed E-state index contributed by atoms with van der Waals surface area (Å²) in [5.41, 5.74) is 2.30. The average molecular weight is 435 g/mol. The van der Waals surface area contributed by atoms with Crippen LogP contribution in [0.1, 0.15) is 54.9 Å².